The van der Waals surface area contributed by atoms with Gasteiger partial charge in [-0.2, -0.15) is 0 Å². The molecule has 0 bridgehead atoms. The quantitative estimate of drug-likeness (QED) is 0.898. The first-order chi connectivity index (χ1) is 8.97. The lowest BCUT2D eigenvalue weighted by molar-refractivity contribution is 0.582. The predicted octanol–water partition coefficient (Wildman–Crippen LogP) is 1.11. The molecule has 104 valence electrons. The van der Waals surface area contributed by atoms with Gasteiger partial charge in [0, 0.05) is 37.2 Å². The summed E-state index contributed by atoms with van der Waals surface area (Å²) in [5.41, 5.74) is 3.34. The molecule has 3 rings (SSSR count). The molecule has 1 saturated carbocycles. The molecule has 0 saturated heterocycles. The van der Waals surface area contributed by atoms with Crippen molar-refractivity contribution in [2.45, 2.75) is 43.9 Å². The van der Waals surface area contributed by atoms with Gasteiger partial charge in [-0.1, -0.05) is 0 Å². The lowest BCUT2D eigenvalue weighted by Crippen LogP contribution is -2.28. The van der Waals surface area contributed by atoms with Crippen molar-refractivity contribution in [1.82, 2.24) is 15.3 Å². The molecular formula is C13H19N3O2S. The van der Waals surface area contributed by atoms with Crippen LogP contribution < -0.4 is 5.32 Å². The SMILES string of the molecule is CC(c1nc2c(c(C3CC3)n1)CNCC2)S(C)(=O)=O. The van der Waals surface area contributed by atoms with Gasteiger partial charge in [-0.05, 0) is 19.8 Å². The van der Waals surface area contributed by atoms with Crippen molar-refractivity contribution in [3.8, 4) is 0 Å². The fourth-order valence-corrected chi connectivity index (χ4v) is 2.95. The Balaban J connectivity index is 2.09. The Hall–Kier alpha value is -1.01. The molecule has 1 aromatic rings. The van der Waals surface area contributed by atoms with Crippen LogP contribution >= 0.6 is 0 Å². The summed E-state index contributed by atoms with van der Waals surface area (Å²) >= 11 is 0. The third kappa shape index (κ3) is 2.51. The molecule has 0 aromatic carbocycles. The van der Waals surface area contributed by atoms with E-state index in [1.54, 1.807) is 6.92 Å². The molecular weight excluding hydrogens is 262 g/mol. The number of aromatic nitrogens is 2. The zero-order valence-electron chi connectivity index (χ0n) is 11.3. The van der Waals surface area contributed by atoms with E-state index < -0.39 is 15.1 Å². The Bertz CT molecular complexity index is 609. The molecule has 2 heterocycles. The fourth-order valence-electron chi connectivity index (χ4n) is 2.46. The summed E-state index contributed by atoms with van der Waals surface area (Å²) in [4.78, 5) is 9.10. The first-order valence-electron chi connectivity index (χ1n) is 6.76. The Morgan fingerprint density at radius 3 is 2.68 bits per heavy atom. The summed E-state index contributed by atoms with van der Waals surface area (Å²) in [6, 6.07) is 0. The van der Waals surface area contributed by atoms with Gasteiger partial charge in [0.15, 0.2) is 9.84 Å². The van der Waals surface area contributed by atoms with E-state index in [2.05, 4.69) is 15.3 Å². The van der Waals surface area contributed by atoms with Gasteiger partial charge in [-0.15, -0.1) is 0 Å². The van der Waals surface area contributed by atoms with Crippen LogP contribution in [0.1, 0.15) is 53.7 Å². The van der Waals surface area contributed by atoms with E-state index in [-0.39, 0.29) is 0 Å². The second-order valence-electron chi connectivity index (χ2n) is 5.57. The van der Waals surface area contributed by atoms with Crippen LogP contribution in [0.2, 0.25) is 0 Å². The fraction of sp³-hybridized carbons (Fsp3) is 0.692. The molecule has 1 unspecified atom stereocenters. The zero-order chi connectivity index (χ0) is 13.6. The smallest absolute Gasteiger partial charge is 0.157 e. The summed E-state index contributed by atoms with van der Waals surface area (Å²) in [5.74, 6) is 0.993. The molecule has 0 spiro atoms. The third-order valence-corrected chi connectivity index (χ3v) is 5.45. The monoisotopic (exact) mass is 281 g/mol. The molecule has 0 radical (unpaired) electrons. The number of hydrogen-bond donors (Lipinski definition) is 1. The highest BCUT2D eigenvalue weighted by atomic mass is 32.2. The van der Waals surface area contributed by atoms with Crippen LogP contribution in [0.3, 0.4) is 0 Å². The molecule has 5 nitrogen and oxygen atoms in total. The maximum absolute atomic E-state index is 11.7. The maximum Gasteiger partial charge on any atom is 0.157 e. The van der Waals surface area contributed by atoms with Crippen LogP contribution in [0.5, 0.6) is 0 Å². The number of sulfone groups is 1. The molecule has 1 aliphatic carbocycles. The van der Waals surface area contributed by atoms with Crippen molar-refractivity contribution >= 4 is 9.84 Å². The summed E-state index contributed by atoms with van der Waals surface area (Å²) in [6.07, 6.45) is 4.44. The van der Waals surface area contributed by atoms with E-state index in [1.165, 1.54) is 11.8 Å². The molecule has 1 N–H and O–H groups in total. The Kier molecular flexibility index (Phi) is 3.09. The number of fused-ring (bicyclic) bond motifs is 1. The molecule has 0 amide bonds. The van der Waals surface area contributed by atoms with Crippen LogP contribution in [0.4, 0.5) is 0 Å². The first-order valence-corrected chi connectivity index (χ1v) is 8.71. The zero-order valence-corrected chi connectivity index (χ0v) is 12.1. The molecule has 1 atom stereocenters. The van der Waals surface area contributed by atoms with Gasteiger partial charge >= 0.3 is 0 Å². The Morgan fingerprint density at radius 1 is 1.32 bits per heavy atom. The van der Waals surface area contributed by atoms with Crippen molar-refractivity contribution in [3.63, 3.8) is 0 Å². The van der Waals surface area contributed by atoms with Gasteiger partial charge in [0.2, 0.25) is 0 Å². The summed E-state index contributed by atoms with van der Waals surface area (Å²) in [6.45, 7) is 3.39. The van der Waals surface area contributed by atoms with E-state index in [0.717, 1.165) is 43.7 Å². The summed E-state index contributed by atoms with van der Waals surface area (Å²) in [7, 11) is -3.15. The van der Waals surface area contributed by atoms with E-state index >= 15 is 0 Å². The second kappa shape index (κ2) is 4.52. The van der Waals surface area contributed by atoms with Crippen molar-refractivity contribution in [2.75, 3.05) is 12.8 Å². The van der Waals surface area contributed by atoms with Gasteiger partial charge < -0.3 is 5.32 Å². The van der Waals surface area contributed by atoms with Crippen molar-refractivity contribution in [1.29, 1.82) is 0 Å². The van der Waals surface area contributed by atoms with Crippen LogP contribution in [-0.2, 0) is 22.8 Å². The normalized spacial score (nSPS) is 20.9. The number of rotatable bonds is 3. The highest BCUT2D eigenvalue weighted by molar-refractivity contribution is 7.90. The highest BCUT2D eigenvalue weighted by Gasteiger charge is 2.32. The van der Waals surface area contributed by atoms with Gasteiger partial charge in [-0.3, -0.25) is 0 Å². The average Bonchev–Trinajstić information content (AvgIpc) is 3.19. The van der Waals surface area contributed by atoms with Gasteiger partial charge in [0.25, 0.3) is 0 Å². The molecule has 1 aromatic heterocycles. The summed E-state index contributed by atoms with van der Waals surface area (Å²) < 4.78 is 23.4. The van der Waals surface area contributed by atoms with Gasteiger partial charge in [0.05, 0.1) is 11.4 Å². The third-order valence-electron chi connectivity index (χ3n) is 3.95. The number of nitrogens with one attached hydrogen (secondary N) is 1. The predicted molar refractivity (Wildman–Crippen MR) is 72.7 cm³/mol. The van der Waals surface area contributed by atoms with Crippen LogP contribution in [-0.4, -0.2) is 31.2 Å². The van der Waals surface area contributed by atoms with Gasteiger partial charge in [0.1, 0.15) is 11.1 Å². The van der Waals surface area contributed by atoms with E-state index in [0.29, 0.717) is 11.7 Å². The van der Waals surface area contributed by atoms with Crippen molar-refractivity contribution < 1.29 is 8.42 Å². The van der Waals surface area contributed by atoms with E-state index in [1.807, 2.05) is 0 Å². The molecule has 2 aliphatic rings. The Morgan fingerprint density at radius 2 is 2.05 bits per heavy atom. The minimum atomic E-state index is -3.15. The standard InChI is InChI=1S/C13H19N3O2S/c1-8(19(2,17)18)13-15-11-5-6-14-7-10(11)12(16-13)9-3-4-9/h8-9,14H,3-7H2,1-2H3. The molecule has 6 heteroatoms. The average molecular weight is 281 g/mol. The number of hydrogen-bond acceptors (Lipinski definition) is 5. The largest absolute Gasteiger partial charge is 0.312 e. The Labute approximate surface area is 113 Å². The van der Waals surface area contributed by atoms with Crippen molar-refractivity contribution in [3.05, 3.63) is 22.8 Å². The van der Waals surface area contributed by atoms with Crippen LogP contribution in [0.15, 0.2) is 0 Å². The second-order valence-corrected chi connectivity index (χ2v) is 7.93. The van der Waals surface area contributed by atoms with E-state index in [4.69, 9.17) is 0 Å². The first kappa shape index (κ1) is 13.0. The maximum atomic E-state index is 11.7. The van der Waals surface area contributed by atoms with Gasteiger partial charge in [-0.25, -0.2) is 18.4 Å². The molecule has 1 aliphatic heterocycles. The van der Waals surface area contributed by atoms with Crippen LogP contribution in [0.25, 0.3) is 0 Å². The molecule has 19 heavy (non-hydrogen) atoms. The summed E-state index contributed by atoms with van der Waals surface area (Å²) in [5, 5.41) is 2.72. The minimum absolute atomic E-state index is 0.477. The molecule has 1 fully saturated rings. The lowest BCUT2D eigenvalue weighted by atomic mass is 10.0. The van der Waals surface area contributed by atoms with Crippen molar-refractivity contribution in [2.24, 2.45) is 0 Å². The van der Waals surface area contributed by atoms with Crippen LogP contribution in [0, 0.1) is 0 Å². The highest BCUT2D eigenvalue weighted by Crippen LogP contribution is 2.42. The lowest BCUT2D eigenvalue weighted by Gasteiger charge is -2.21. The minimum Gasteiger partial charge on any atom is -0.312 e. The number of nitrogens with zero attached hydrogens (tertiary/aromatic N) is 2. The van der Waals surface area contributed by atoms with E-state index in [9.17, 15) is 8.42 Å². The topological polar surface area (TPSA) is 72.0 Å².